The lowest BCUT2D eigenvalue weighted by Gasteiger charge is -2.35. The Kier molecular flexibility index (Phi) is 5.87. The normalized spacial score (nSPS) is 15.2. The second-order valence-electron chi connectivity index (χ2n) is 8.31. The first-order valence-corrected chi connectivity index (χ1v) is 11.7. The van der Waals surface area contributed by atoms with Crippen LogP contribution < -0.4 is 14.4 Å². The summed E-state index contributed by atoms with van der Waals surface area (Å²) in [7, 11) is 5.38. The number of ether oxygens (including phenoxy) is 2. The van der Waals surface area contributed by atoms with E-state index in [1.807, 2.05) is 31.1 Å². The quantitative estimate of drug-likeness (QED) is 0.409. The molecule has 34 heavy (non-hydrogen) atoms. The van der Waals surface area contributed by atoms with Gasteiger partial charge in [0, 0.05) is 59.7 Å². The van der Waals surface area contributed by atoms with E-state index in [4.69, 9.17) is 9.47 Å². The SMILES string of the molecule is COc1ccc(OC(=O)N2CCc3c([nH]c4ccc(Br)cc34)C2c2cnc(N(C)C)nc2)cc1. The topological polar surface area (TPSA) is 83.6 Å². The number of hydrogen-bond acceptors (Lipinski definition) is 6. The molecule has 0 radical (unpaired) electrons. The fraction of sp³-hybridized carbons (Fsp3) is 0.240. The molecule has 2 aromatic heterocycles. The van der Waals surface area contributed by atoms with Crippen LogP contribution in [0.25, 0.3) is 10.9 Å². The van der Waals surface area contributed by atoms with E-state index in [9.17, 15) is 4.79 Å². The van der Waals surface area contributed by atoms with Gasteiger partial charge < -0.3 is 19.4 Å². The lowest BCUT2D eigenvalue weighted by atomic mass is 9.94. The Morgan fingerprint density at radius 3 is 2.50 bits per heavy atom. The molecule has 0 bridgehead atoms. The second-order valence-corrected chi connectivity index (χ2v) is 9.22. The van der Waals surface area contributed by atoms with Crippen molar-refractivity contribution in [2.75, 3.05) is 32.6 Å². The van der Waals surface area contributed by atoms with Crippen molar-refractivity contribution in [3.05, 3.63) is 76.2 Å². The number of benzene rings is 2. The molecule has 9 heteroatoms. The number of H-pyrrole nitrogens is 1. The molecule has 0 saturated heterocycles. The number of rotatable bonds is 4. The molecule has 0 fully saturated rings. The Morgan fingerprint density at radius 1 is 1.12 bits per heavy atom. The highest BCUT2D eigenvalue weighted by atomic mass is 79.9. The van der Waals surface area contributed by atoms with Gasteiger partial charge in [0.05, 0.1) is 7.11 Å². The number of nitrogens with one attached hydrogen (secondary N) is 1. The van der Waals surface area contributed by atoms with Crippen LogP contribution in [0.1, 0.15) is 22.9 Å². The van der Waals surface area contributed by atoms with Crippen LogP contribution in [-0.2, 0) is 6.42 Å². The van der Waals surface area contributed by atoms with Gasteiger partial charge in [0.15, 0.2) is 0 Å². The van der Waals surface area contributed by atoms with Gasteiger partial charge >= 0.3 is 6.09 Å². The number of methoxy groups -OCH3 is 1. The average molecular weight is 522 g/mol. The fourth-order valence-corrected chi connectivity index (χ4v) is 4.67. The molecule has 4 aromatic rings. The number of aromatic amines is 1. The monoisotopic (exact) mass is 521 g/mol. The molecule has 1 aliphatic heterocycles. The molecule has 0 aliphatic carbocycles. The number of carbonyl (C=O) groups excluding carboxylic acids is 1. The Morgan fingerprint density at radius 2 is 1.82 bits per heavy atom. The number of anilines is 1. The second kappa shape index (κ2) is 8.98. The van der Waals surface area contributed by atoms with Gasteiger partial charge in [-0.15, -0.1) is 0 Å². The van der Waals surface area contributed by atoms with E-state index in [1.165, 1.54) is 5.56 Å². The zero-order valence-corrected chi connectivity index (χ0v) is 20.7. The van der Waals surface area contributed by atoms with Crippen molar-refractivity contribution < 1.29 is 14.3 Å². The zero-order valence-electron chi connectivity index (χ0n) is 19.1. The van der Waals surface area contributed by atoms with Gasteiger partial charge in [-0.25, -0.2) is 14.8 Å². The Labute approximate surface area is 205 Å². The molecule has 0 saturated carbocycles. The maximum atomic E-state index is 13.4. The molecule has 1 N–H and O–H groups in total. The molecule has 1 amide bonds. The van der Waals surface area contributed by atoms with Gasteiger partial charge in [-0.05, 0) is 54.4 Å². The van der Waals surface area contributed by atoms with Crippen LogP contribution in [0.3, 0.4) is 0 Å². The Bertz CT molecular complexity index is 1340. The zero-order chi connectivity index (χ0) is 23.8. The van der Waals surface area contributed by atoms with Crippen LogP contribution >= 0.6 is 15.9 Å². The Balaban J connectivity index is 1.55. The molecular weight excluding hydrogens is 498 g/mol. The van der Waals surface area contributed by atoms with E-state index in [-0.39, 0.29) is 0 Å². The van der Waals surface area contributed by atoms with E-state index in [2.05, 4.69) is 36.9 Å². The molecule has 5 rings (SSSR count). The molecule has 1 aliphatic rings. The first-order chi connectivity index (χ1) is 16.4. The highest BCUT2D eigenvalue weighted by Gasteiger charge is 2.36. The molecule has 8 nitrogen and oxygen atoms in total. The van der Waals surface area contributed by atoms with E-state index in [0.29, 0.717) is 30.4 Å². The van der Waals surface area contributed by atoms with Gasteiger partial charge in [0.2, 0.25) is 5.95 Å². The maximum Gasteiger partial charge on any atom is 0.416 e. The summed E-state index contributed by atoms with van der Waals surface area (Å²) in [5, 5.41) is 1.14. The van der Waals surface area contributed by atoms with Crippen molar-refractivity contribution >= 4 is 38.9 Å². The minimum absolute atomic E-state index is 0.406. The van der Waals surface area contributed by atoms with Crippen LogP contribution in [0, 0.1) is 0 Å². The fourth-order valence-electron chi connectivity index (χ4n) is 4.31. The van der Waals surface area contributed by atoms with Gasteiger partial charge in [0.25, 0.3) is 0 Å². The van der Waals surface area contributed by atoms with Crippen LogP contribution in [0.4, 0.5) is 10.7 Å². The largest absolute Gasteiger partial charge is 0.497 e. The van der Waals surface area contributed by atoms with Crippen molar-refractivity contribution in [3.8, 4) is 11.5 Å². The summed E-state index contributed by atoms with van der Waals surface area (Å²) in [6, 6.07) is 12.7. The van der Waals surface area contributed by atoms with Crippen molar-refractivity contribution in [1.29, 1.82) is 0 Å². The number of aromatic nitrogens is 3. The minimum Gasteiger partial charge on any atom is -0.497 e. The summed E-state index contributed by atoms with van der Waals surface area (Å²) < 4.78 is 11.9. The first kappa shape index (κ1) is 22.2. The summed E-state index contributed by atoms with van der Waals surface area (Å²) in [6.07, 6.45) is 3.82. The highest BCUT2D eigenvalue weighted by Crippen LogP contribution is 2.39. The maximum absolute atomic E-state index is 13.4. The summed E-state index contributed by atoms with van der Waals surface area (Å²) in [5.41, 5.74) is 3.97. The van der Waals surface area contributed by atoms with Gasteiger partial charge in [-0.1, -0.05) is 15.9 Å². The molecular formula is C25H24BrN5O3. The predicted molar refractivity (Wildman–Crippen MR) is 134 cm³/mol. The third-order valence-corrected chi connectivity index (χ3v) is 6.46. The number of amides is 1. The molecule has 0 spiro atoms. The smallest absolute Gasteiger partial charge is 0.416 e. The van der Waals surface area contributed by atoms with Crippen LogP contribution in [0.2, 0.25) is 0 Å². The van der Waals surface area contributed by atoms with Crippen molar-refractivity contribution in [1.82, 2.24) is 19.9 Å². The Hall–Kier alpha value is -3.59. The molecule has 1 unspecified atom stereocenters. The number of nitrogens with zero attached hydrogens (tertiary/aromatic N) is 4. The van der Waals surface area contributed by atoms with E-state index < -0.39 is 12.1 Å². The van der Waals surface area contributed by atoms with E-state index >= 15 is 0 Å². The van der Waals surface area contributed by atoms with Crippen LogP contribution in [0.15, 0.2) is 59.3 Å². The van der Waals surface area contributed by atoms with Crippen LogP contribution in [0.5, 0.6) is 11.5 Å². The van der Waals surface area contributed by atoms with Gasteiger partial charge in [-0.2, -0.15) is 0 Å². The molecule has 2 aromatic carbocycles. The van der Waals surface area contributed by atoms with E-state index in [0.717, 1.165) is 26.6 Å². The molecule has 3 heterocycles. The van der Waals surface area contributed by atoms with Crippen LogP contribution in [-0.4, -0.2) is 53.7 Å². The number of halogens is 1. The van der Waals surface area contributed by atoms with Crippen molar-refractivity contribution in [3.63, 3.8) is 0 Å². The standard InChI is InChI=1S/C25H24BrN5O3/c1-30(2)24-27-13-15(14-28-24)23-22-19(20-12-16(26)4-9-21(20)29-22)10-11-31(23)25(32)34-18-7-5-17(33-3)6-8-18/h4-9,12-14,23,29H,10-11H2,1-3H3. The van der Waals surface area contributed by atoms with Gasteiger partial charge in [0.1, 0.15) is 17.5 Å². The van der Waals surface area contributed by atoms with Crippen molar-refractivity contribution in [2.45, 2.75) is 12.5 Å². The first-order valence-electron chi connectivity index (χ1n) is 10.9. The summed E-state index contributed by atoms with van der Waals surface area (Å²) in [5.74, 6) is 1.76. The third-order valence-electron chi connectivity index (χ3n) is 5.96. The lowest BCUT2D eigenvalue weighted by molar-refractivity contribution is 0.135. The highest BCUT2D eigenvalue weighted by molar-refractivity contribution is 9.10. The van der Waals surface area contributed by atoms with Gasteiger partial charge in [-0.3, -0.25) is 4.90 Å². The number of carbonyl (C=O) groups is 1. The number of hydrogen-bond donors (Lipinski definition) is 1. The average Bonchev–Trinajstić information content (AvgIpc) is 3.21. The summed E-state index contributed by atoms with van der Waals surface area (Å²) in [6.45, 7) is 0.502. The number of fused-ring (bicyclic) bond motifs is 3. The molecule has 1 atom stereocenters. The molecule has 174 valence electrons. The minimum atomic E-state index is -0.433. The van der Waals surface area contributed by atoms with E-state index in [1.54, 1.807) is 48.7 Å². The third kappa shape index (κ3) is 4.07. The lowest BCUT2D eigenvalue weighted by Crippen LogP contribution is -2.42. The van der Waals surface area contributed by atoms with Crippen molar-refractivity contribution in [2.24, 2.45) is 0 Å². The summed E-state index contributed by atoms with van der Waals surface area (Å²) >= 11 is 3.58. The predicted octanol–water partition coefficient (Wildman–Crippen LogP) is 4.94. The summed E-state index contributed by atoms with van der Waals surface area (Å²) in [4.78, 5) is 29.5.